The van der Waals surface area contributed by atoms with Crippen molar-refractivity contribution in [2.75, 3.05) is 13.6 Å². The van der Waals surface area contributed by atoms with E-state index in [9.17, 15) is 4.79 Å². The molecule has 2 N–H and O–H groups in total. The molecule has 1 rings (SSSR count). The monoisotopic (exact) mass is 290 g/mol. The first-order valence-electron chi connectivity index (χ1n) is 4.48. The van der Waals surface area contributed by atoms with Gasteiger partial charge in [0.2, 0.25) is 5.91 Å². The molecule has 0 aliphatic carbocycles. The number of halogens is 2. The van der Waals surface area contributed by atoms with Gasteiger partial charge >= 0.3 is 0 Å². The third kappa shape index (κ3) is 4.20. The van der Waals surface area contributed by atoms with Gasteiger partial charge in [-0.05, 0) is 33.6 Å². The SMILES string of the molecule is CNC(=O)CNCc1ccc(Cl)c(Br)c1. The molecule has 15 heavy (non-hydrogen) atoms. The van der Waals surface area contributed by atoms with Crippen molar-refractivity contribution < 1.29 is 4.79 Å². The standard InChI is InChI=1S/C10H12BrClN2O/c1-13-10(15)6-14-5-7-2-3-9(12)8(11)4-7/h2-4,14H,5-6H2,1H3,(H,13,15). The largest absolute Gasteiger partial charge is 0.358 e. The van der Waals surface area contributed by atoms with Crippen molar-refractivity contribution in [3.8, 4) is 0 Å². The van der Waals surface area contributed by atoms with Gasteiger partial charge in [-0.1, -0.05) is 17.7 Å². The summed E-state index contributed by atoms with van der Waals surface area (Å²) >= 11 is 9.20. The summed E-state index contributed by atoms with van der Waals surface area (Å²) in [6, 6.07) is 5.67. The van der Waals surface area contributed by atoms with E-state index in [1.165, 1.54) is 0 Å². The molecule has 0 saturated heterocycles. The van der Waals surface area contributed by atoms with Crippen molar-refractivity contribution in [3.05, 3.63) is 33.3 Å². The number of carbonyl (C=O) groups is 1. The van der Waals surface area contributed by atoms with Gasteiger partial charge in [0.1, 0.15) is 0 Å². The van der Waals surface area contributed by atoms with E-state index in [0.29, 0.717) is 18.1 Å². The molecule has 0 atom stereocenters. The summed E-state index contributed by atoms with van der Waals surface area (Å²) < 4.78 is 0.864. The van der Waals surface area contributed by atoms with Crippen LogP contribution in [0.25, 0.3) is 0 Å². The molecular formula is C10H12BrClN2O. The molecule has 5 heteroatoms. The Morgan fingerprint density at radius 2 is 2.27 bits per heavy atom. The maximum Gasteiger partial charge on any atom is 0.233 e. The summed E-state index contributed by atoms with van der Waals surface area (Å²) in [4.78, 5) is 10.9. The van der Waals surface area contributed by atoms with Crippen LogP contribution in [-0.2, 0) is 11.3 Å². The maximum absolute atomic E-state index is 10.9. The van der Waals surface area contributed by atoms with Crippen molar-refractivity contribution in [1.29, 1.82) is 0 Å². The summed E-state index contributed by atoms with van der Waals surface area (Å²) in [6.45, 7) is 0.958. The van der Waals surface area contributed by atoms with Crippen LogP contribution in [0.1, 0.15) is 5.56 Å². The first-order valence-corrected chi connectivity index (χ1v) is 5.66. The van der Waals surface area contributed by atoms with E-state index >= 15 is 0 Å². The van der Waals surface area contributed by atoms with Crippen molar-refractivity contribution in [2.45, 2.75) is 6.54 Å². The predicted molar refractivity (Wildman–Crippen MR) is 64.9 cm³/mol. The normalized spacial score (nSPS) is 10.1. The molecule has 0 bridgehead atoms. The number of amides is 1. The fourth-order valence-corrected chi connectivity index (χ4v) is 1.60. The van der Waals surface area contributed by atoms with Crippen LogP contribution in [0.2, 0.25) is 5.02 Å². The highest BCUT2D eigenvalue weighted by molar-refractivity contribution is 9.10. The minimum Gasteiger partial charge on any atom is -0.358 e. The minimum absolute atomic E-state index is 0.0250. The predicted octanol–water partition coefficient (Wildman–Crippen LogP) is 1.94. The quantitative estimate of drug-likeness (QED) is 0.890. The maximum atomic E-state index is 10.9. The number of rotatable bonds is 4. The van der Waals surface area contributed by atoms with Gasteiger partial charge in [0.15, 0.2) is 0 Å². The highest BCUT2D eigenvalue weighted by atomic mass is 79.9. The topological polar surface area (TPSA) is 41.1 Å². The van der Waals surface area contributed by atoms with Crippen LogP contribution in [0, 0.1) is 0 Å². The second kappa shape index (κ2) is 6.10. The fraction of sp³-hybridized carbons (Fsp3) is 0.300. The van der Waals surface area contributed by atoms with E-state index in [1.807, 2.05) is 18.2 Å². The van der Waals surface area contributed by atoms with Gasteiger partial charge in [-0.3, -0.25) is 4.79 Å². The molecule has 0 aliphatic heterocycles. The molecule has 0 radical (unpaired) electrons. The number of carbonyl (C=O) groups excluding carboxylic acids is 1. The number of hydrogen-bond donors (Lipinski definition) is 2. The van der Waals surface area contributed by atoms with Gasteiger partial charge in [-0.15, -0.1) is 0 Å². The van der Waals surface area contributed by atoms with E-state index in [0.717, 1.165) is 10.0 Å². The van der Waals surface area contributed by atoms with Gasteiger partial charge in [0, 0.05) is 18.1 Å². The van der Waals surface area contributed by atoms with Gasteiger partial charge in [-0.25, -0.2) is 0 Å². The Balaban J connectivity index is 2.44. The second-order valence-corrected chi connectivity index (χ2v) is 4.29. The summed E-state index contributed by atoms with van der Waals surface area (Å²) in [7, 11) is 1.61. The molecule has 0 spiro atoms. The van der Waals surface area contributed by atoms with Crippen LogP contribution >= 0.6 is 27.5 Å². The smallest absolute Gasteiger partial charge is 0.233 e. The Morgan fingerprint density at radius 3 is 2.87 bits per heavy atom. The van der Waals surface area contributed by atoms with Crippen LogP contribution in [0.15, 0.2) is 22.7 Å². The average Bonchev–Trinajstić information content (AvgIpc) is 2.23. The molecule has 0 aliphatic rings. The summed E-state index contributed by atoms with van der Waals surface area (Å²) in [5.74, 6) is -0.0250. The molecule has 82 valence electrons. The van der Waals surface area contributed by atoms with Crippen molar-refractivity contribution in [3.63, 3.8) is 0 Å². The van der Waals surface area contributed by atoms with E-state index in [-0.39, 0.29) is 5.91 Å². The van der Waals surface area contributed by atoms with Crippen molar-refractivity contribution in [1.82, 2.24) is 10.6 Å². The lowest BCUT2D eigenvalue weighted by Gasteiger charge is -2.05. The number of likely N-dealkylation sites (N-methyl/N-ethyl adjacent to an activating group) is 1. The Labute approximate surface area is 102 Å². The third-order valence-electron chi connectivity index (χ3n) is 1.88. The zero-order chi connectivity index (χ0) is 11.3. The Bertz CT molecular complexity index is 357. The summed E-state index contributed by atoms with van der Waals surface area (Å²) in [6.07, 6.45) is 0. The van der Waals surface area contributed by atoms with Gasteiger partial charge in [0.25, 0.3) is 0 Å². The third-order valence-corrected chi connectivity index (χ3v) is 3.09. The Morgan fingerprint density at radius 1 is 1.53 bits per heavy atom. The number of hydrogen-bond acceptors (Lipinski definition) is 2. The van der Waals surface area contributed by atoms with Crippen molar-refractivity contribution in [2.24, 2.45) is 0 Å². The van der Waals surface area contributed by atoms with Gasteiger partial charge in [-0.2, -0.15) is 0 Å². The van der Waals surface area contributed by atoms with Crippen LogP contribution < -0.4 is 10.6 Å². The highest BCUT2D eigenvalue weighted by Crippen LogP contribution is 2.22. The van der Waals surface area contributed by atoms with Crippen molar-refractivity contribution >= 4 is 33.4 Å². The Hall–Kier alpha value is -0.580. The van der Waals surface area contributed by atoms with E-state index in [2.05, 4.69) is 26.6 Å². The molecule has 0 aromatic heterocycles. The first kappa shape index (κ1) is 12.5. The Kier molecular flexibility index (Phi) is 5.08. The molecule has 1 aromatic rings. The van der Waals surface area contributed by atoms with Gasteiger partial charge in [0.05, 0.1) is 11.6 Å². The molecule has 0 fully saturated rings. The molecular weight excluding hydrogens is 279 g/mol. The lowest BCUT2D eigenvalue weighted by atomic mass is 10.2. The van der Waals surface area contributed by atoms with E-state index in [4.69, 9.17) is 11.6 Å². The van der Waals surface area contributed by atoms with Gasteiger partial charge < -0.3 is 10.6 Å². The zero-order valence-electron chi connectivity index (χ0n) is 8.31. The van der Waals surface area contributed by atoms with Crippen LogP contribution in [0.5, 0.6) is 0 Å². The molecule has 0 unspecified atom stereocenters. The second-order valence-electron chi connectivity index (χ2n) is 3.03. The molecule has 0 heterocycles. The lowest BCUT2D eigenvalue weighted by molar-refractivity contribution is -0.119. The average molecular weight is 292 g/mol. The van der Waals surface area contributed by atoms with E-state index in [1.54, 1.807) is 7.05 Å². The van der Waals surface area contributed by atoms with Crippen LogP contribution in [0.3, 0.4) is 0 Å². The summed E-state index contributed by atoms with van der Waals surface area (Å²) in [5.41, 5.74) is 1.08. The summed E-state index contributed by atoms with van der Waals surface area (Å²) in [5, 5.41) is 6.25. The fourth-order valence-electron chi connectivity index (χ4n) is 1.06. The highest BCUT2D eigenvalue weighted by Gasteiger charge is 2.00. The molecule has 1 aromatic carbocycles. The molecule has 0 saturated carbocycles. The number of nitrogens with one attached hydrogen (secondary N) is 2. The first-order chi connectivity index (χ1) is 7.13. The van der Waals surface area contributed by atoms with Crippen LogP contribution in [0.4, 0.5) is 0 Å². The minimum atomic E-state index is -0.0250. The molecule has 1 amide bonds. The lowest BCUT2D eigenvalue weighted by Crippen LogP contribution is -2.30. The number of benzene rings is 1. The molecule has 3 nitrogen and oxygen atoms in total. The zero-order valence-corrected chi connectivity index (χ0v) is 10.7. The van der Waals surface area contributed by atoms with Crippen LogP contribution in [-0.4, -0.2) is 19.5 Å². The van der Waals surface area contributed by atoms with E-state index < -0.39 is 0 Å².